The normalized spacial score (nSPS) is 23.4. The van der Waals surface area contributed by atoms with Crippen LogP contribution in [0.4, 0.5) is 4.79 Å². The molecule has 1 aromatic heterocycles. The highest BCUT2D eigenvalue weighted by Gasteiger charge is 2.62. The second kappa shape index (κ2) is 11.0. The fourth-order valence-electron chi connectivity index (χ4n) is 5.28. The third-order valence-corrected chi connectivity index (χ3v) is 7.48. The van der Waals surface area contributed by atoms with E-state index >= 15 is 0 Å². The quantitative estimate of drug-likeness (QED) is 0.251. The maximum Gasteiger partial charge on any atom is 0.332 e. The molecule has 1 N–H and O–H groups in total. The Hall–Kier alpha value is -4.34. The van der Waals surface area contributed by atoms with Crippen LogP contribution < -0.4 is 14.8 Å². The Morgan fingerprint density at radius 3 is 2.62 bits per heavy atom. The van der Waals surface area contributed by atoms with Crippen molar-refractivity contribution in [2.75, 3.05) is 20.3 Å². The van der Waals surface area contributed by atoms with E-state index in [1.165, 1.54) is 4.90 Å². The summed E-state index contributed by atoms with van der Waals surface area (Å²) in [6.45, 7) is 5.75. The molecule has 5 rings (SSSR count). The minimum Gasteiger partial charge on any atom is -0.497 e. The summed E-state index contributed by atoms with van der Waals surface area (Å²) in [5, 5.41) is 3.58. The molecule has 0 spiro atoms. The van der Waals surface area contributed by atoms with E-state index in [0.717, 1.165) is 10.9 Å². The van der Waals surface area contributed by atoms with Gasteiger partial charge in [-0.1, -0.05) is 36.4 Å². The molecular weight excluding hydrogens is 509 g/mol. The van der Waals surface area contributed by atoms with Crippen LogP contribution in [0.5, 0.6) is 11.5 Å². The minimum absolute atomic E-state index is 0.103. The Morgan fingerprint density at radius 2 is 1.98 bits per heavy atom. The number of esters is 1. The monoisotopic (exact) mass is 539 g/mol. The van der Waals surface area contributed by atoms with Crippen LogP contribution in [0, 0.1) is 5.92 Å². The number of fused-ring (bicyclic) bond motifs is 1. The van der Waals surface area contributed by atoms with E-state index in [0.29, 0.717) is 29.1 Å². The number of carbonyl (C=O) groups is 3. The number of hydrogen-bond acceptors (Lipinski definition) is 7. The number of aromatic nitrogens is 1. The van der Waals surface area contributed by atoms with Crippen molar-refractivity contribution < 1.29 is 28.6 Å². The van der Waals surface area contributed by atoms with Crippen LogP contribution in [0.15, 0.2) is 67.3 Å². The lowest BCUT2D eigenvalue weighted by Crippen LogP contribution is -2.53. The van der Waals surface area contributed by atoms with Crippen molar-refractivity contribution >= 4 is 36.4 Å². The molecule has 40 heavy (non-hydrogen) atoms. The van der Waals surface area contributed by atoms with Gasteiger partial charge in [0.15, 0.2) is 5.81 Å². The van der Waals surface area contributed by atoms with Crippen molar-refractivity contribution in [2.45, 2.75) is 37.5 Å². The number of nitrogens with zero attached hydrogens (tertiary/aromatic N) is 2. The van der Waals surface area contributed by atoms with Crippen molar-refractivity contribution in [3.05, 3.63) is 67.3 Å². The van der Waals surface area contributed by atoms with E-state index < -0.39 is 35.4 Å². The molecule has 2 radical (unpaired) electrons. The topological polar surface area (TPSA) is 107 Å². The molecule has 2 aliphatic rings. The first-order valence-corrected chi connectivity index (χ1v) is 13.2. The van der Waals surface area contributed by atoms with Gasteiger partial charge in [-0.3, -0.25) is 9.59 Å². The van der Waals surface area contributed by atoms with Crippen LogP contribution in [0.2, 0.25) is 0 Å². The molecule has 3 aromatic rings. The summed E-state index contributed by atoms with van der Waals surface area (Å²) in [6.07, 6.45) is 1.66. The molecule has 2 amide bonds. The molecule has 2 aromatic carbocycles. The minimum atomic E-state index is -1.18. The van der Waals surface area contributed by atoms with Crippen molar-refractivity contribution in [1.29, 1.82) is 0 Å². The first-order chi connectivity index (χ1) is 19.3. The number of amides is 2. The van der Waals surface area contributed by atoms with E-state index in [-0.39, 0.29) is 25.5 Å². The molecular formula is C30H30BN3O6. The van der Waals surface area contributed by atoms with Gasteiger partial charge in [-0.2, -0.15) is 0 Å². The van der Waals surface area contributed by atoms with Gasteiger partial charge in [-0.15, -0.1) is 6.58 Å². The number of ether oxygens (including phenoxy) is 3. The van der Waals surface area contributed by atoms with Gasteiger partial charge in [-0.05, 0) is 25.5 Å². The molecule has 1 aliphatic heterocycles. The number of rotatable bonds is 9. The highest BCUT2D eigenvalue weighted by molar-refractivity contribution is 6.57. The summed E-state index contributed by atoms with van der Waals surface area (Å²) >= 11 is 0. The Balaban J connectivity index is 1.42. The molecule has 1 saturated heterocycles. The molecule has 0 bridgehead atoms. The predicted molar refractivity (Wildman–Crippen MR) is 150 cm³/mol. The number of carbonyl (C=O) groups excluding carboxylic acids is 3. The van der Waals surface area contributed by atoms with Gasteiger partial charge in [0.25, 0.3) is 0 Å². The largest absolute Gasteiger partial charge is 0.497 e. The highest BCUT2D eigenvalue weighted by Crippen LogP contribution is 2.45. The van der Waals surface area contributed by atoms with Gasteiger partial charge < -0.3 is 24.4 Å². The first kappa shape index (κ1) is 27.2. The molecule has 9 nitrogen and oxygen atoms in total. The van der Waals surface area contributed by atoms with Crippen LogP contribution >= 0.6 is 0 Å². The summed E-state index contributed by atoms with van der Waals surface area (Å²) in [4.78, 5) is 44.5. The summed E-state index contributed by atoms with van der Waals surface area (Å²) in [5.41, 5.74) is 1.11. The lowest BCUT2D eigenvalue weighted by molar-refractivity contribution is -0.149. The van der Waals surface area contributed by atoms with Gasteiger partial charge in [0.05, 0.1) is 31.5 Å². The van der Waals surface area contributed by atoms with Gasteiger partial charge in [0, 0.05) is 35.4 Å². The number of hydrogen-bond donors (Lipinski definition) is 1. The third-order valence-electron chi connectivity index (χ3n) is 7.48. The fourth-order valence-corrected chi connectivity index (χ4v) is 5.28. The van der Waals surface area contributed by atoms with E-state index in [4.69, 9.17) is 27.0 Å². The molecule has 2 fully saturated rings. The van der Waals surface area contributed by atoms with Crippen molar-refractivity contribution in [2.24, 2.45) is 5.92 Å². The lowest BCUT2D eigenvalue weighted by Gasteiger charge is -2.25. The van der Waals surface area contributed by atoms with Crippen LogP contribution in [0.3, 0.4) is 0 Å². The Kier molecular flexibility index (Phi) is 7.52. The Labute approximate surface area is 233 Å². The molecule has 2 heterocycles. The van der Waals surface area contributed by atoms with Crippen molar-refractivity contribution in [3.63, 3.8) is 0 Å². The van der Waals surface area contributed by atoms with Crippen molar-refractivity contribution in [1.82, 2.24) is 15.2 Å². The molecule has 1 aliphatic carbocycles. The number of benzene rings is 2. The first-order valence-electron chi connectivity index (χ1n) is 13.2. The summed E-state index contributed by atoms with van der Waals surface area (Å²) in [6, 6.07) is 16.1. The average molecular weight is 539 g/mol. The maximum absolute atomic E-state index is 13.4. The van der Waals surface area contributed by atoms with Gasteiger partial charge >= 0.3 is 5.97 Å². The van der Waals surface area contributed by atoms with Crippen LogP contribution in [-0.2, 0) is 14.3 Å². The lowest BCUT2D eigenvalue weighted by atomic mass is 10.1. The van der Waals surface area contributed by atoms with E-state index in [1.807, 2.05) is 54.6 Å². The zero-order valence-corrected chi connectivity index (χ0v) is 22.5. The second-order valence-corrected chi connectivity index (χ2v) is 9.96. The fraction of sp³-hybridized carbons (Fsp3) is 0.333. The summed E-state index contributed by atoms with van der Waals surface area (Å²) in [7, 11) is 7.25. The number of methoxy groups -OCH3 is 1. The molecule has 4 atom stereocenters. The smallest absolute Gasteiger partial charge is 0.332 e. The van der Waals surface area contributed by atoms with Gasteiger partial charge in [-0.25, -0.2) is 9.78 Å². The Bertz CT molecular complexity index is 1460. The van der Waals surface area contributed by atoms with E-state index in [9.17, 15) is 14.4 Å². The SMILES string of the molecule is [B]C(=O)N1C[C@H](Oc2cc(-c3ccccc3)nc3cc(OC)ccc23)C[C@H]1C(=O)N[C@@]1(C(=O)OCC)CC1C=C. The van der Waals surface area contributed by atoms with Gasteiger partial charge in [0.1, 0.15) is 29.2 Å². The highest BCUT2D eigenvalue weighted by atomic mass is 16.5. The standard InChI is InChI=1S/C30H30BN3O6/c1-4-19-16-30(19,28(36)39-5-2)33-27(35)25-14-21(17-34(25)29(31)37)40-26-15-23(18-9-7-6-8-10-18)32-24-13-20(38-3)11-12-22(24)26/h4,6-13,15,19,21,25H,1,5,14,16-17H2,2-3H3,(H,33,35)/t19?,21-,25+,30+/m1/s1. The zero-order valence-electron chi connectivity index (χ0n) is 22.5. The molecule has 1 unspecified atom stereocenters. The van der Waals surface area contributed by atoms with Crippen LogP contribution in [-0.4, -0.2) is 73.4 Å². The number of pyridine rings is 1. The molecule has 1 saturated carbocycles. The second-order valence-electron chi connectivity index (χ2n) is 9.96. The summed E-state index contributed by atoms with van der Waals surface area (Å²) < 4.78 is 17.0. The third kappa shape index (κ3) is 5.13. The Morgan fingerprint density at radius 1 is 1.20 bits per heavy atom. The molecule has 10 heteroatoms. The number of likely N-dealkylation sites (tertiary alicyclic amines) is 1. The maximum atomic E-state index is 13.4. The predicted octanol–water partition coefficient (Wildman–Crippen LogP) is 3.64. The van der Waals surface area contributed by atoms with Crippen molar-refractivity contribution in [3.8, 4) is 22.8 Å². The van der Waals surface area contributed by atoms with E-state index in [2.05, 4.69) is 11.9 Å². The number of nitrogens with one attached hydrogen (secondary N) is 1. The molecule has 204 valence electrons. The average Bonchev–Trinajstić information content (AvgIpc) is 3.51. The zero-order chi connectivity index (χ0) is 28.4. The van der Waals surface area contributed by atoms with Gasteiger partial charge in [0.2, 0.25) is 13.8 Å². The summed E-state index contributed by atoms with van der Waals surface area (Å²) in [5.74, 6) is -0.793. The van der Waals surface area contributed by atoms with Crippen LogP contribution in [0.25, 0.3) is 22.2 Å². The van der Waals surface area contributed by atoms with E-state index in [1.54, 1.807) is 20.1 Å². The van der Waals surface area contributed by atoms with Crippen LogP contribution in [0.1, 0.15) is 19.8 Å².